The van der Waals surface area contributed by atoms with Gasteiger partial charge >= 0.3 is 0 Å². The molecule has 0 saturated carbocycles. The molecule has 1 N–H and O–H groups in total. The molecule has 6 nitrogen and oxygen atoms in total. The zero-order valence-electron chi connectivity index (χ0n) is 17.4. The van der Waals surface area contributed by atoms with Crippen molar-refractivity contribution in [3.8, 4) is 17.2 Å². The number of aryl methyl sites for hydroxylation is 2. The molecule has 1 amide bonds. The molecule has 7 heteroatoms. The zero-order chi connectivity index (χ0) is 21.6. The van der Waals surface area contributed by atoms with Crippen LogP contribution in [0.25, 0.3) is 17.2 Å². The third kappa shape index (κ3) is 4.83. The highest BCUT2D eigenvalue weighted by Gasteiger charge is 2.18. The summed E-state index contributed by atoms with van der Waals surface area (Å²) in [5, 5.41) is 12.4. The monoisotopic (exact) mass is 429 g/mol. The first-order valence-electron chi connectivity index (χ1n) is 10.1. The molecular formula is C24H23N5OS. The van der Waals surface area contributed by atoms with Crippen LogP contribution in [0.5, 0.6) is 0 Å². The van der Waals surface area contributed by atoms with E-state index in [2.05, 4.69) is 27.4 Å². The minimum Gasteiger partial charge on any atom is -0.325 e. The number of aromatic nitrogens is 4. The normalized spacial score (nSPS) is 10.8. The molecule has 2 aromatic carbocycles. The van der Waals surface area contributed by atoms with E-state index < -0.39 is 0 Å². The summed E-state index contributed by atoms with van der Waals surface area (Å²) in [6, 6.07) is 21.7. The number of nitrogens with one attached hydrogen (secondary N) is 1. The number of para-hydroxylation sites is 1. The van der Waals surface area contributed by atoms with Crippen molar-refractivity contribution in [2.24, 2.45) is 0 Å². The average molecular weight is 430 g/mol. The summed E-state index contributed by atoms with van der Waals surface area (Å²) in [6.07, 6.45) is 2.59. The van der Waals surface area contributed by atoms with Crippen LogP contribution in [0.2, 0.25) is 0 Å². The average Bonchev–Trinajstić information content (AvgIpc) is 3.23. The van der Waals surface area contributed by atoms with Gasteiger partial charge in [-0.05, 0) is 49.2 Å². The molecule has 0 spiro atoms. The van der Waals surface area contributed by atoms with E-state index >= 15 is 0 Å². The summed E-state index contributed by atoms with van der Waals surface area (Å²) < 4.78 is 1.94. The number of amides is 1. The lowest BCUT2D eigenvalue weighted by atomic mass is 10.1. The Morgan fingerprint density at radius 3 is 2.52 bits per heavy atom. The number of anilines is 1. The van der Waals surface area contributed by atoms with E-state index in [-0.39, 0.29) is 11.7 Å². The molecule has 0 unspecified atom stereocenters. The third-order valence-electron chi connectivity index (χ3n) is 4.82. The summed E-state index contributed by atoms with van der Waals surface area (Å²) in [5.74, 6) is 0.789. The van der Waals surface area contributed by atoms with Gasteiger partial charge in [-0.1, -0.05) is 60.6 Å². The summed E-state index contributed by atoms with van der Waals surface area (Å²) >= 11 is 1.35. The first-order valence-corrected chi connectivity index (χ1v) is 11.1. The van der Waals surface area contributed by atoms with Crippen LogP contribution in [-0.2, 0) is 11.2 Å². The van der Waals surface area contributed by atoms with Crippen molar-refractivity contribution in [2.45, 2.75) is 25.4 Å². The van der Waals surface area contributed by atoms with Crippen molar-refractivity contribution in [3.63, 3.8) is 0 Å². The van der Waals surface area contributed by atoms with E-state index in [0.717, 1.165) is 29.1 Å². The van der Waals surface area contributed by atoms with Crippen molar-refractivity contribution in [1.29, 1.82) is 0 Å². The second-order valence-corrected chi connectivity index (χ2v) is 7.98. The second-order valence-electron chi connectivity index (χ2n) is 7.04. The van der Waals surface area contributed by atoms with Crippen LogP contribution in [0.15, 0.2) is 78.1 Å². The summed E-state index contributed by atoms with van der Waals surface area (Å²) in [4.78, 5) is 17.0. The molecule has 2 heterocycles. The molecule has 0 saturated heterocycles. The number of pyridine rings is 1. The highest BCUT2D eigenvalue weighted by Crippen LogP contribution is 2.27. The van der Waals surface area contributed by atoms with Gasteiger partial charge in [0.2, 0.25) is 5.91 Å². The molecule has 156 valence electrons. The van der Waals surface area contributed by atoms with Gasteiger partial charge in [-0.3, -0.25) is 14.3 Å². The van der Waals surface area contributed by atoms with Crippen LogP contribution < -0.4 is 5.32 Å². The van der Waals surface area contributed by atoms with Gasteiger partial charge < -0.3 is 5.32 Å². The van der Waals surface area contributed by atoms with Crippen LogP contribution >= 0.6 is 11.8 Å². The molecule has 0 aliphatic rings. The molecule has 0 fully saturated rings. The highest BCUT2D eigenvalue weighted by atomic mass is 32.2. The standard InChI is InChI=1S/C24H23N5OS/c1-3-18-8-4-5-9-20(18)26-22(30)16-31-24-28-27-23(21-10-6-7-15-25-21)29(24)19-13-11-17(2)12-14-19/h4-15H,3,16H2,1-2H3,(H,26,30). The first-order chi connectivity index (χ1) is 15.2. The number of carbonyl (C=O) groups excluding carboxylic acids is 1. The maximum atomic E-state index is 12.6. The zero-order valence-corrected chi connectivity index (χ0v) is 18.3. The fraction of sp³-hybridized carbons (Fsp3) is 0.167. The van der Waals surface area contributed by atoms with Crippen LogP contribution in [0.3, 0.4) is 0 Å². The smallest absolute Gasteiger partial charge is 0.234 e. The lowest BCUT2D eigenvalue weighted by Crippen LogP contribution is -2.15. The number of benzene rings is 2. The van der Waals surface area contributed by atoms with Crippen molar-refractivity contribution in [2.75, 3.05) is 11.1 Å². The number of hydrogen-bond acceptors (Lipinski definition) is 5. The van der Waals surface area contributed by atoms with Gasteiger partial charge in [0.25, 0.3) is 0 Å². The molecule has 0 radical (unpaired) electrons. The van der Waals surface area contributed by atoms with Gasteiger partial charge in [-0.2, -0.15) is 0 Å². The number of hydrogen-bond donors (Lipinski definition) is 1. The van der Waals surface area contributed by atoms with E-state index in [1.165, 1.54) is 17.3 Å². The molecule has 0 aliphatic carbocycles. The Morgan fingerprint density at radius 2 is 1.77 bits per heavy atom. The first kappa shape index (κ1) is 20.8. The predicted octanol–water partition coefficient (Wildman–Crippen LogP) is 4.93. The van der Waals surface area contributed by atoms with Gasteiger partial charge in [-0.25, -0.2) is 0 Å². The van der Waals surface area contributed by atoms with E-state index in [0.29, 0.717) is 11.0 Å². The Bertz CT molecular complexity index is 1170. The van der Waals surface area contributed by atoms with E-state index in [1.54, 1.807) is 6.20 Å². The largest absolute Gasteiger partial charge is 0.325 e. The number of rotatable bonds is 7. The minimum atomic E-state index is -0.0799. The van der Waals surface area contributed by atoms with E-state index in [4.69, 9.17) is 0 Å². The van der Waals surface area contributed by atoms with Gasteiger partial charge in [0.15, 0.2) is 11.0 Å². The number of nitrogens with zero attached hydrogens (tertiary/aromatic N) is 4. The number of carbonyl (C=O) groups is 1. The van der Waals surface area contributed by atoms with Crippen LogP contribution in [-0.4, -0.2) is 31.4 Å². The maximum Gasteiger partial charge on any atom is 0.234 e. The Morgan fingerprint density at radius 1 is 1.00 bits per heavy atom. The minimum absolute atomic E-state index is 0.0799. The number of thioether (sulfide) groups is 1. The molecule has 0 bridgehead atoms. The van der Waals surface area contributed by atoms with Gasteiger partial charge in [0, 0.05) is 17.6 Å². The highest BCUT2D eigenvalue weighted by molar-refractivity contribution is 7.99. The van der Waals surface area contributed by atoms with Crippen molar-refractivity contribution < 1.29 is 4.79 Å². The predicted molar refractivity (Wildman–Crippen MR) is 125 cm³/mol. The van der Waals surface area contributed by atoms with Crippen molar-refractivity contribution in [3.05, 3.63) is 84.1 Å². The van der Waals surface area contributed by atoms with Crippen LogP contribution in [0, 0.1) is 6.92 Å². The molecular weight excluding hydrogens is 406 g/mol. The lowest BCUT2D eigenvalue weighted by Gasteiger charge is -2.11. The van der Waals surface area contributed by atoms with Gasteiger partial charge in [0.05, 0.1) is 5.75 Å². The molecule has 4 rings (SSSR count). The van der Waals surface area contributed by atoms with E-state index in [9.17, 15) is 4.79 Å². The molecule has 0 atom stereocenters. The summed E-state index contributed by atoms with van der Waals surface area (Å²) in [7, 11) is 0. The topological polar surface area (TPSA) is 72.7 Å². The van der Waals surface area contributed by atoms with Gasteiger partial charge in [-0.15, -0.1) is 10.2 Å². The molecule has 0 aliphatic heterocycles. The summed E-state index contributed by atoms with van der Waals surface area (Å²) in [6.45, 7) is 4.12. The Balaban J connectivity index is 1.59. The molecule has 4 aromatic rings. The van der Waals surface area contributed by atoms with Crippen LogP contribution in [0.1, 0.15) is 18.1 Å². The third-order valence-corrected chi connectivity index (χ3v) is 5.75. The Labute approximate surface area is 185 Å². The second kappa shape index (κ2) is 9.57. The summed E-state index contributed by atoms with van der Waals surface area (Å²) in [5.41, 5.74) is 4.78. The Kier molecular flexibility index (Phi) is 6.43. The fourth-order valence-electron chi connectivity index (χ4n) is 3.22. The quantitative estimate of drug-likeness (QED) is 0.422. The van der Waals surface area contributed by atoms with Crippen molar-refractivity contribution in [1.82, 2.24) is 19.7 Å². The van der Waals surface area contributed by atoms with Crippen molar-refractivity contribution >= 4 is 23.4 Å². The SMILES string of the molecule is CCc1ccccc1NC(=O)CSc1nnc(-c2ccccn2)n1-c1ccc(C)cc1. The Hall–Kier alpha value is -3.45. The van der Waals surface area contributed by atoms with Gasteiger partial charge in [0.1, 0.15) is 5.69 Å². The lowest BCUT2D eigenvalue weighted by molar-refractivity contribution is -0.113. The maximum absolute atomic E-state index is 12.6. The fourth-order valence-corrected chi connectivity index (χ4v) is 3.97. The molecule has 31 heavy (non-hydrogen) atoms. The van der Waals surface area contributed by atoms with E-state index in [1.807, 2.05) is 78.2 Å². The molecule has 2 aromatic heterocycles. The van der Waals surface area contributed by atoms with Crippen LogP contribution in [0.4, 0.5) is 5.69 Å².